The van der Waals surface area contributed by atoms with Crippen LogP contribution in [0.5, 0.6) is 0 Å². The van der Waals surface area contributed by atoms with Crippen molar-refractivity contribution in [1.82, 2.24) is 19.9 Å². The number of rotatable bonds is 13. The van der Waals surface area contributed by atoms with Crippen molar-refractivity contribution in [2.45, 2.75) is 0 Å². The highest BCUT2D eigenvalue weighted by atomic mass is 14.8. The lowest BCUT2D eigenvalue weighted by Gasteiger charge is -2.19. The molecule has 394 valence electrons. The molecule has 0 spiro atoms. The Morgan fingerprint density at radius 3 is 0.810 bits per heavy atom. The summed E-state index contributed by atoms with van der Waals surface area (Å²) in [6, 6.07) is 108. The largest absolute Gasteiger partial charge is 0.256 e. The molecule has 0 bridgehead atoms. The first-order valence-electron chi connectivity index (χ1n) is 28.4. The highest BCUT2D eigenvalue weighted by Gasteiger charge is 2.19. The molecule has 4 heteroatoms. The zero-order chi connectivity index (χ0) is 56.0. The summed E-state index contributed by atoms with van der Waals surface area (Å²) in [6.07, 6.45) is 7.83. The summed E-state index contributed by atoms with van der Waals surface area (Å²) in [5.74, 6) is 0. The normalized spacial score (nSPS) is 11.1. The van der Waals surface area contributed by atoms with E-state index < -0.39 is 0 Å². The average Bonchev–Trinajstić information content (AvgIpc) is 2.51. The van der Waals surface area contributed by atoms with Crippen LogP contribution >= 0.6 is 0 Å². The van der Waals surface area contributed by atoms with E-state index in [-0.39, 0.29) is 0 Å². The molecule has 0 atom stereocenters. The van der Waals surface area contributed by atoms with E-state index in [0.717, 1.165) is 123 Å². The monoisotopic (exact) mass is 1070 g/mol. The zero-order valence-electron chi connectivity index (χ0n) is 46.0. The molecule has 0 radical (unpaired) electrons. The van der Waals surface area contributed by atoms with Crippen LogP contribution in [0.3, 0.4) is 0 Å². The fourth-order valence-electron chi connectivity index (χ4n) is 11.4. The summed E-state index contributed by atoms with van der Waals surface area (Å²) in [5, 5.41) is 0. The Hall–Kier alpha value is -11.2. The molecule has 0 unspecified atom stereocenters. The SMILES string of the molecule is c1ccc(-c2ccc(-c3ccc(-c4cc(-c5ccccc5-c5ccc(-c6ccccn6)nc5)cc(-c5ccc(-c6ccc(-c7ccccc7)cc6)cc5-c5ccc(-c6ccccc6)nc5)c4)c(-c4ccc(-c5ccccc5)nc4)c3)cc2)cc1. The number of hydrogen-bond acceptors (Lipinski definition) is 4. The molecule has 10 aromatic carbocycles. The minimum atomic E-state index is 0.824. The Morgan fingerprint density at radius 2 is 0.429 bits per heavy atom. The van der Waals surface area contributed by atoms with Crippen LogP contribution in [0, 0.1) is 0 Å². The molecule has 14 rings (SSSR count). The highest BCUT2D eigenvalue weighted by molar-refractivity contribution is 5.96. The number of benzene rings is 10. The van der Waals surface area contributed by atoms with Crippen LogP contribution in [-0.2, 0) is 0 Å². The molecule has 0 N–H and O–H groups in total. The van der Waals surface area contributed by atoms with E-state index in [4.69, 9.17) is 15.0 Å². The fourth-order valence-corrected chi connectivity index (χ4v) is 11.4. The van der Waals surface area contributed by atoms with Gasteiger partial charge in [0.15, 0.2) is 0 Å². The maximum absolute atomic E-state index is 5.12. The van der Waals surface area contributed by atoms with Crippen molar-refractivity contribution in [3.8, 4) is 145 Å². The Bertz CT molecular complexity index is 4320. The second-order valence-corrected chi connectivity index (χ2v) is 21.0. The Balaban J connectivity index is 0.963. The van der Waals surface area contributed by atoms with Gasteiger partial charge >= 0.3 is 0 Å². The van der Waals surface area contributed by atoms with Gasteiger partial charge in [-0.1, -0.05) is 243 Å². The standard InChI is InChI=1S/C80H54N4/c1-5-17-55(18-6-1)57-28-32-59(33-29-57)63-36-41-73(75(50-63)66-38-43-77(82-53-66)61-21-9-3-10-22-61)69-47-68(72-26-14-13-25-71(72)65-40-45-80(84-52-65)79-27-15-16-46-81-79)48-70(49-69)74-42-37-64(60-34-30-58(31-35-60)56-19-7-2-8-20-56)51-76(74)67-39-44-78(83-54-67)62-23-11-4-12-24-62/h1-54H. The molecule has 4 aromatic heterocycles. The number of aromatic nitrogens is 4. The molecule has 0 fully saturated rings. The average molecular weight is 1070 g/mol. The van der Waals surface area contributed by atoms with Crippen LogP contribution in [0.1, 0.15) is 0 Å². The van der Waals surface area contributed by atoms with Gasteiger partial charge in [-0.05, 0) is 155 Å². The van der Waals surface area contributed by atoms with E-state index in [9.17, 15) is 0 Å². The van der Waals surface area contributed by atoms with E-state index in [1.165, 1.54) is 22.3 Å². The molecule has 0 aliphatic carbocycles. The third kappa shape index (κ3) is 10.7. The van der Waals surface area contributed by atoms with Crippen molar-refractivity contribution < 1.29 is 0 Å². The number of nitrogens with zero attached hydrogens (tertiary/aromatic N) is 4. The van der Waals surface area contributed by atoms with E-state index in [2.05, 4.69) is 278 Å². The predicted octanol–water partition coefficient (Wildman–Crippen LogP) is 20.9. The molecule has 84 heavy (non-hydrogen) atoms. The van der Waals surface area contributed by atoms with Crippen LogP contribution in [0.2, 0.25) is 0 Å². The molecule has 0 aliphatic heterocycles. The van der Waals surface area contributed by atoms with E-state index >= 15 is 0 Å². The highest BCUT2D eigenvalue weighted by Crippen LogP contribution is 2.45. The van der Waals surface area contributed by atoms with Gasteiger partial charge < -0.3 is 0 Å². The Morgan fingerprint density at radius 1 is 0.143 bits per heavy atom. The number of hydrogen-bond donors (Lipinski definition) is 0. The second kappa shape index (κ2) is 23.1. The summed E-state index contributed by atoms with van der Waals surface area (Å²) in [5.41, 5.74) is 27.6. The lowest BCUT2D eigenvalue weighted by Crippen LogP contribution is -1.94. The van der Waals surface area contributed by atoms with Gasteiger partial charge in [0.2, 0.25) is 0 Å². The first-order valence-corrected chi connectivity index (χ1v) is 28.4. The van der Waals surface area contributed by atoms with E-state index in [1.54, 1.807) is 0 Å². The maximum atomic E-state index is 5.12. The van der Waals surface area contributed by atoms with Crippen LogP contribution in [-0.4, -0.2) is 19.9 Å². The molecule has 0 aliphatic rings. The van der Waals surface area contributed by atoms with Gasteiger partial charge in [0, 0.05) is 52.6 Å². The molecule has 0 saturated carbocycles. The number of pyridine rings is 4. The lowest BCUT2D eigenvalue weighted by molar-refractivity contribution is 1.25. The quantitative estimate of drug-likeness (QED) is 0.115. The van der Waals surface area contributed by atoms with Crippen LogP contribution in [0.15, 0.2) is 328 Å². The zero-order valence-corrected chi connectivity index (χ0v) is 46.0. The second-order valence-electron chi connectivity index (χ2n) is 21.0. The van der Waals surface area contributed by atoms with Gasteiger partial charge in [-0.2, -0.15) is 0 Å². The maximum Gasteiger partial charge on any atom is 0.0886 e. The van der Waals surface area contributed by atoms with Gasteiger partial charge in [0.1, 0.15) is 0 Å². The molecule has 0 saturated heterocycles. The van der Waals surface area contributed by atoms with E-state index in [1.807, 2.05) is 55.1 Å². The molecule has 14 aromatic rings. The van der Waals surface area contributed by atoms with Gasteiger partial charge in [-0.15, -0.1) is 0 Å². The van der Waals surface area contributed by atoms with Crippen LogP contribution in [0.4, 0.5) is 0 Å². The van der Waals surface area contributed by atoms with Gasteiger partial charge in [-0.25, -0.2) is 0 Å². The van der Waals surface area contributed by atoms with Crippen molar-refractivity contribution in [1.29, 1.82) is 0 Å². The fraction of sp³-hybridized carbons (Fsp3) is 0. The van der Waals surface area contributed by atoms with Gasteiger partial charge in [0.25, 0.3) is 0 Å². The van der Waals surface area contributed by atoms with Crippen LogP contribution in [0.25, 0.3) is 145 Å². The van der Waals surface area contributed by atoms with Crippen molar-refractivity contribution >= 4 is 0 Å². The summed E-state index contributed by atoms with van der Waals surface area (Å²) < 4.78 is 0. The van der Waals surface area contributed by atoms with Crippen molar-refractivity contribution in [3.05, 3.63) is 328 Å². The Labute approximate surface area is 490 Å². The lowest BCUT2D eigenvalue weighted by atomic mass is 9.85. The molecular weight excluding hydrogens is 1020 g/mol. The molecule has 0 amide bonds. The van der Waals surface area contributed by atoms with Gasteiger partial charge in [0.05, 0.1) is 22.8 Å². The van der Waals surface area contributed by atoms with Crippen molar-refractivity contribution in [2.24, 2.45) is 0 Å². The summed E-state index contributed by atoms with van der Waals surface area (Å²) in [4.78, 5) is 19.8. The third-order valence-corrected chi connectivity index (χ3v) is 15.8. The van der Waals surface area contributed by atoms with Crippen molar-refractivity contribution in [2.75, 3.05) is 0 Å². The minimum Gasteiger partial charge on any atom is -0.256 e. The first-order chi connectivity index (χ1) is 41.6. The van der Waals surface area contributed by atoms with Crippen molar-refractivity contribution in [3.63, 3.8) is 0 Å². The summed E-state index contributed by atoms with van der Waals surface area (Å²) in [6.45, 7) is 0. The topological polar surface area (TPSA) is 51.6 Å². The summed E-state index contributed by atoms with van der Waals surface area (Å²) in [7, 11) is 0. The molecule has 4 nitrogen and oxygen atoms in total. The summed E-state index contributed by atoms with van der Waals surface area (Å²) >= 11 is 0. The minimum absolute atomic E-state index is 0.824. The molecule has 4 heterocycles. The van der Waals surface area contributed by atoms with E-state index in [0.29, 0.717) is 0 Å². The first kappa shape index (κ1) is 51.0. The van der Waals surface area contributed by atoms with Crippen LogP contribution < -0.4 is 0 Å². The van der Waals surface area contributed by atoms with Gasteiger partial charge in [-0.3, -0.25) is 19.9 Å². The molecular formula is C80H54N4. The predicted molar refractivity (Wildman–Crippen MR) is 348 cm³/mol. The smallest absolute Gasteiger partial charge is 0.0886 e. The third-order valence-electron chi connectivity index (χ3n) is 15.8. The Kier molecular flexibility index (Phi) is 14.0.